The van der Waals surface area contributed by atoms with E-state index in [-0.39, 0.29) is 17.8 Å². The third-order valence-electron chi connectivity index (χ3n) is 6.52. The van der Waals surface area contributed by atoms with Gasteiger partial charge in [-0.1, -0.05) is 44.4 Å². The molecule has 0 aliphatic rings. The molecule has 0 saturated carbocycles. The Morgan fingerprint density at radius 2 is 1.74 bits per heavy atom. The zero-order valence-corrected chi connectivity index (χ0v) is 24.5. The van der Waals surface area contributed by atoms with Crippen molar-refractivity contribution in [3.8, 4) is 0 Å². The number of halogens is 1. The third kappa shape index (κ3) is 8.74. The number of anilines is 4. The van der Waals surface area contributed by atoms with Crippen molar-refractivity contribution >= 4 is 51.3 Å². The lowest BCUT2D eigenvalue weighted by atomic mass is 10.0. The van der Waals surface area contributed by atoms with E-state index in [9.17, 15) is 9.18 Å². The van der Waals surface area contributed by atoms with Gasteiger partial charge in [0.2, 0.25) is 17.8 Å². The molecule has 0 saturated heterocycles. The van der Waals surface area contributed by atoms with Crippen molar-refractivity contribution in [1.82, 2.24) is 15.0 Å². The fourth-order valence-corrected chi connectivity index (χ4v) is 4.45. The molecule has 42 heavy (non-hydrogen) atoms. The first-order chi connectivity index (χ1) is 20.3. The molecule has 4 aromatic rings. The smallest absolute Gasteiger partial charge is 0.315 e. The molecule has 3 aromatic carbocycles. The van der Waals surface area contributed by atoms with E-state index in [0.29, 0.717) is 42.5 Å². The molecule has 0 unspecified atom stereocenters. The van der Waals surface area contributed by atoms with Gasteiger partial charge in [-0.25, -0.2) is 0 Å². The molecule has 0 aliphatic carbocycles. The first kappa shape index (κ1) is 30.4. The number of ether oxygens (including phenoxy) is 1. The van der Waals surface area contributed by atoms with Crippen LogP contribution in [-0.4, -0.2) is 40.6 Å². The van der Waals surface area contributed by atoms with Gasteiger partial charge in [-0.2, -0.15) is 24.5 Å². The van der Waals surface area contributed by atoms with Crippen molar-refractivity contribution in [3.63, 3.8) is 0 Å². The van der Waals surface area contributed by atoms with Crippen LogP contribution in [0.2, 0.25) is 0 Å². The number of benzene rings is 3. The van der Waals surface area contributed by atoms with Gasteiger partial charge in [-0.3, -0.25) is 4.79 Å². The van der Waals surface area contributed by atoms with Crippen LogP contribution in [0.3, 0.4) is 0 Å². The number of aromatic nitrogens is 3. The zero-order chi connectivity index (χ0) is 29.9. The van der Waals surface area contributed by atoms with Crippen LogP contribution in [0, 0.1) is 19.9 Å². The quantitative estimate of drug-likeness (QED) is 0.104. The highest BCUT2D eigenvalue weighted by molar-refractivity contribution is 5.93. The first-order valence-electron chi connectivity index (χ1n) is 14.2. The molecule has 0 aliphatic heterocycles. The zero-order valence-electron chi connectivity index (χ0n) is 24.5. The van der Waals surface area contributed by atoms with Crippen molar-refractivity contribution in [3.05, 3.63) is 65.7 Å². The lowest BCUT2D eigenvalue weighted by Crippen LogP contribution is -2.14. The Labute approximate surface area is 245 Å². The van der Waals surface area contributed by atoms with Gasteiger partial charge in [0.05, 0.1) is 18.0 Å². The van der Waals surface area contributed by atoms with Crippen molar-refractivity contribution in [2.75, 3.05) is 35.7 Å². The fraction of sp³-hybridized carbons (Fsp3) is 0.355. The van der Waals surface area contributed by atoms with Crippen LogP contribution >= 0.6 is 0 Å². The number of unbranched alkanes of at least 4 members (excludes halogenated alkanes) is 3. The Bertz CT molecular complexity index is 1560. The fourth-order valence-electron chi connectivity index (χ4n) is 4.45. The van der Waals surface area contributed by atoms with Gasteiger partial charge in [-0.15, -0.1) is 5.11 Å². The Morgan fingerprint density at radius 1 is 0.905 bits per heavy atom. The molecule has 0 radical (unpaired) electrons. The maximum Gasteiger partial charge on any atom is 0.315 e. The van der Waals surface area contributed by atoms with E-state index in [4.69, 9.17) is 4.74 Å². The largest absolute Gasteiger partial charge is 0.380 e. The SMILES string of the molecule is CCCCCCOCCNc1nc(F)nc(Nc2ccc(N=Nc3cc(C)c4cccc(C)c4c3)c(NC(C)=O)c2)n1. The van der Waals surface area contributed by atoms with E-state index in [1.807, 2.05) is 25.1 Å². The molecular weight excluding hydrogens is 535 g/mol. The molecule has 0 fully saturated rings. The summed E-state index contributed by atoms with van der Waals surface area (Å²) in [6, 6.07) is 15.2. The second kappa shape index (κ2) is 14.9. The molecule has 1 aromatic heterocycles. The summed E-state index contributed by atoms with van der Waals surface area (Å²) in [5.41, 5.74) is 4.35. The summed E-state index contributed by atoms with van der Waals surface area (Å²) in [6.45, 7) is 9.25. The second-order valence-corrected chi connectivity index (χ2v) is 10.0. The van der Waals surface area contributed by atoms with E-state index in [1.165, 1.54) is 25.2 Å². The number of carbonyl (C=O) groups excluding carboxylic acids is 1. The van der Waals surface area contributed by atoms with Crippen molar-refractivity contribution < 1.29 is 13.9 Å². The average Bonchev–Trinajstić information content (AvgIpc) is 2.94. The highest BCUT2D eigenvalue weighted by atomic mass is 19.1. The molecule has 0 bridgehead atoms. The molecule has 11 heteroatoms. The van der Waals surface area contributed by atoms with Gasteiger partial charge in [0.25, 0.3) is 0 Å². The van der Waals surface area contributed by atoms with Gasteiger partial charge >= 0.3 is 6.08 Å². The molecule has 4 rings (SSSR count). The summed E-state index contributed by atoms with van der Waals surface area (Å²) in [5, 5.41) is 19.8. The number of hydrogen-bond donors (Lipinski definition) is 3. The van der Waals surface area contributed by atoms with Crippen molar-refractivity contribution in [1.29, 1.82) is 0 Å². The van der Waals surface area contributed by atoms with Crippen molar-refractivity contribution in [2.24, 2.45) is 10.2 Å². The number of fused-ring (bicyclic) bond motifs is 1. The average molecular weight is 573 g/mol. The monoisotopic (exact) mass is 572 g/mol. The van der Waals surface area contributed by atoms with Crippen molar-refractivity contribution in [2.45, 2.75) is 53.4 Å². The summed E-state index contributed by atoms with van der Waals surface area (Å²) in [5.74, 6) is -0.172. The lowest BCUT2D eigenvalue weighted by molar-refractivity contribution is -0.114. The predicted molar refractivity (Wildman–Crippen MR) is 165 cm³/mol. The van der Waals surface area contributed by atoms with Gasteiger partial charge in [-0.05, 0) is 72.5 Å². The van der Waals surface area contributed by atoms with E-state index in [1.54, 1.807) is 18.2 Å². The Hall–Kier alpha value is -4.51. The number of rotatable bonds is 14. The first-order valence-corrected chi connectivity index (χ1v) is 14.2. The highest BCUT2D eigenvalue weighted by Gasteiger charge is 2.10. The molecule has 220 valence electrons. The topological polar surface area (TPSA) is 126 Å². The molecule has 1 heterocycles. The van der Waals surface area contributed by atoms with Crippen LogP contribution in [-0.2, 0) is 9.53 Å². The summed E-state index contributed by atoms with van der Waals surface area (Å²) in [4.78, 5) is 23.6. The molecule has 1 amide bonds. The van der Waals surface area contributed by atoms with Gasteiger partial charge in [0.15, 0.2) is 0 Å². The maximum atomic E-state index is 14.1. The van der Waals surface area contributed by atoms with Crippen LogP contribution < -0.4 is 16.0 Å². The molecule has 10 nitrogen and oxygen atoms in total. The number of amides is 1. The Balaban J connectivity index is 1.45. The van der Waals surface area contributed by atoms with E-state index >= 15 is 0 Å². The lowest BCUT2D eigenvalue weighted by Gasteiger charge is -2.11. The Morgan fingerprint density at radius 3 is 2.55 bits per heavy atom. The Kier molecular flexibility index (Phi) is 10.8. The number of azo groups is 1. The molecule has 0 atom stereocenters. The summed E-state index contributed by atoms with van der Waals surface area (Å²) in [6.07, 6.45) is 3.62. The second-order valence-electron chi connectivity index (χ2n) is 10.0. The van der Waals surface area contributed by atoms with Gasteiger partial charge < -0.3 is 20.7 Å². The van der Waals surface area contributed by atoms with Crippen LogP contribution in [0.4, 0.5) is 39.0 Å². The number of hydrogen-bond acceptors (Lipinski definition) is 9. The van der Waals surface area contributed by atoms with Crippen LogP contribution in [0.25, 0.3) is 10.8 Å². The minimum absolute atomic E-state index is 0.00986. The molecule has 0 spiro atoms. The molecular formula is C31H37FN8O2. The summed E-state index contributed by atoms with van der Waals surface area (Å²) >= 11 is 0. The minimum Gasteiger partial charge on any atom is -0.380 e. The summed E-state index contributed by atoms with van der Waals surface area (Å²) < 4.78 is 19.7. The summed E-state index contributed by atoms with van der Waals surface area (Å²) in [7, 11) is 0. The third-order valence-corrected chi connectivity index (χ3v) is 6.52. The normalized spacial score (nSPS) is 11.3. The van der Waals surface area contributed by atoms with E-state index in [2.05, 4.69) is 67.1 Å². The highest BCUT2D eigenvalue weighted by Crippen LogP contribution is 2.33. The van der Waals surface area contributed by atoms with Gasteiger partial charge in [0.1, 0.15) is 5.69 Å². The molecule has 3 N–H and O–H groups in total. The predicted octanol–water partition coefficient (Wildman–Crippen LogP) is 7.91. The van der Waals surface area contributed by atoms with Crippen LogP contribution in [0.1, 0.15) is 50.7 Å². The van der Waals surface area contributed by atoms with E-state index in [0.717, 1.165) is 29.4 Å². The minimum atomic E-state index is -0.927. The number of nitrogens with zero attached hydrogens (tertiary/aromatic N) is 5. The van der Waals surface area contributed by atoms with Crippen LogP contribution in [0.15, 0.2) is 58.8 Å². The standard InChI is InChI=1S/C31H37FN8O2/c1-5-6-7-8-15-42-16-14-33-30-36-29(32)37-31(38-30)35-23-12-13-27(28(19-23)34-22(4)41)40-39-24-17-21(3)25-11-9-10-20(2)26(25)18-24/h9-13,17-19H,5-8,14-16H2,1-4H3,(H,34,41)(H2,33,35,36,37,38). The van der Waals surface area contributed by atoms with Crippen LogP contribution in [0.5, 0.6) is 0 Å². The number of nitrogens with one attached hydrogen (secondary N) is 3. The van der Waals surface area contributed by atoms with E-state index < -0.39 is 6.08 Å². The maximum absolute atomic E-state index is 14.1. The number of carbonyl (C=O) groups is 1. The number of aryl methyl sites for hydroxylation is 2. The van der Waals surface area contributed by atoms with Gasteiger partial charge in [0, 0.05) is 25.8 Å².